The van der Waals surface area contributed by atoms with E-state index in [0.717, 1.165) is 0 Å². The molecule has 1 atom stereocenters. The minimum Gasteiger partial charge on any atom is -0.443 e. The maximum Gasteiger partial charge on any atom is 0.420 e. The van der Waals surface area contributed by atoms with Crippen molar-refractivity contribution in [3.8, 4) is 0 Å². The van der Waals surface area contributed by atoms with Gasteiger partial charge in [0, 0.05) is 6.42 Å². The van der Waals surface area contributed by atoms with Crippen LogP contribution >= 0.6 is 0 Å². The summed E-state index contributed by atoms with van der Waals surface area (Å²) in [6, 6.07) is -1.11. The van der Waals surface area contributed by atoms with Crippen molar-refractivity contribution in [2.45, 2.75) is 78.6 Å². The summed E-state index contributed by atoms with van der Waals surface area (Å²) in [5.41, 5.74) is -1.69. The summed E-state index contributed by atoms with van der Waals surface area (Å²) < 4.78 is 10.4. The Morgan fingerprint density at radius 1 is 0.957 bits per heavy atom. The van der Waals surface area contributed by atoms with Gasteiger partial charge in [-0.05, 0) is 54.9 Å². The highest BCUT2D eigenvalue weighted by molar-refractivity contribution is 5.95. The number of aldehydes is 1. The highest BCUT2D eigenvalue weighted by Gasteiger charge is 2.38. The highest BCUT2D eigenvalue weighted by Crippen LogP contribution is 2.19. The zero-order valence-corrected chi connectivity index (χ0v) is 15.0. The summed E-state index contributed by atoms with van der Waals surface area (Å²) in [5.74, 6) is -0.427. The predicted octanol–water partition coefficient (Wildman–Crippen LogP) is 3.10. The van der Waals surface area contributed by atoms with Crippen LogP contribution in [0.4, 0.5) is 9.59 Å². The fraction of sp³-hybridized carbons (Fsp3) is 0.750. The second kappa shape index (κ2) is 8.08. The van der Waals surface area contributed by atoms with Crippen LogP contribution in [0.25, 0.3) is 0 Å². The van der Waals surface area contributed by atoms with Crippen LogP contribution in [0.15, 0.2) is 0 Å². The molecule has 0 aromatic carbocycles. The molecular formula is C16H27NO6. The summed E-state index contributed by atoms with van der Waals surface area (Å²) >= 11 is 0. The second-order valence-electron chi connectivity index (χ2n) is 7.20. The number of ether oxygens (including phenoxy) is 2. The first-order chi connectivity index (χ1) is 10.3. The average Bonchev–Trinajstić information content (AvgIpc) is 2.28. The summed E-state index contributed by atoms with van der Waals surface area (Å²) in [6.07, 6.45) is -1.27. The average molecular weight is 329 g/mol. The zero-order chi connectivity index (χ0) is 18.4. The van der Waals surface area contributed by atoms with Crippen molar-refractivity contribution in [3.05, 3.63) is 0 Å². The van der Waals surface area contributed by atoms with E-state index < -0.39 is 35.2 Å². The molecule has 0 aliphatic rings. The number of amides is 2. The molecule has 7 nitrogen and oxygen atoms in total. The van der Waals surface area contributed by atoms with Gasteiger partial charge in [-0.15, -0.1) is 0 Å². The molecule has 0 spiro atoms. The molecule has 0 rings (SSSR count). The fourth-order valence-corrected chi connectivity index (χ4v) is 1.69. The maximum absolute atomic E-state index is 12.4. The lowest BCUT2D eigenvalue weighted by atomic mass is 10.1. The van der Waals surface area contributed by atoms with Gasteiger partial charge in [-0.1, -0.05) is 0 Å². The molecule has 2 amide bonds. The minimum atomic E-state index is -1.11. The smallest absolute Gasteiger partial charge is 0.420 e. The van der Waals surface area contributed by atoms with Gasteiger partial charge in [-0.25, -0.2) is 14.5 Å². The van der Waals surface area contributed by atoms with Crippen molar-refractivity contribution < 1.29 is 28.7 Å². The second-order valence-corrected chi connectivity index (χ2v) is 7.20. The molecular weight excluding hydrogens is 302 g/mol. The molecule has 132 valence electrons. The van der Waals surface area contributed by atoms with Crippen molar-refractivity contribution in [1.82, 2.24) is 4.90 Å². The molecule has 0 aromatic heterocycles. The Morgan fingerprint density at radius 2 is 1.35 bits per heavy atom. The minimum absolute atomic E-state index is 0.0251. The van der Waals surface area contributed by atoms with Crippen LogP contribution in [0, 0.1) is 0 Å². The van der Waals surface area contributed by atoms with Crippen LogP contribution < -0.4 is 0 Å². The lowest BCUT2D eigenvalue weighted by Gasteiger charge is -2.32. The van der Waals surface area contributed by atoms with Gasteiger partial charge >= 0.3 is 12.2 Å². The topological polar surface area (TPSA) is 90.0 Å². The van der Waals surface area contributed by atoms with Gasteiger partial charge in [-0.3, -0.25) is 4.79 Å². The number of hydrogen-bond donors (Lipinski definition) is 0. The molecule has 23 heavy (non-hydrogen) atoms. The zero-order valence-electron chi connectivity index (χ0n) is 15.0. The van der Waals surface area contributed by atoms with E-state index in [4.69, 9.17) is 9.47 Å². The number of imide groups is 1. The molecule has 0 fully saturated rings. The van der Waals surface area contributed by atoms with Crippen LogP contribution in [0.1, 0.15) is 61.3 Å². The third-order valence-corrected chi connectivity index (χ3v) is 2.52. The SMILES string of the molecule is CC(=O)C(CCC=O)N(C(=O)OC(C)(C)C)C(=O)OC(C)(C)C. The van der Waals surface area contributed by atoms with E-state index in [2.05, 4.69) is 0 Å². The van der Waals surface area contributed by atoms with Crippen molar-refractivity contribution >= 4 is 24.3 Å². The van der Waals surface area contributed by atoms with E-state index in [-0.39, 0.29) is 12.8 Å². The van der Waals surface area contributed by atoms with E-state index in [9.17, 15) is 19.2 Å². The molecule has 0 N–H and O–H groups in total. The molecule has 0 bridgehead atoms. The van der Waals surface area contributed by atoms with E-state index in [1.54, 1.807) is 41.5 Å². The van der Waals surface area contributed by atoms with E-state index >= 15 is 0 Å². The van der Waals surface area contributed by atoms with Gasteiger partial charge in [-0.2, -0.15) is 0 Å². The Labute approximate surface area is 137 Å². The summed E-state index contributed by atoms with van der Waals surface area (Å²) in [6.45, 7) is 11.1. The number of ketones is 1. The number of Topliss-reactive ketones (excluding diaryl/α,β-unsaturated/α-hetero) is 1. The first kappa shape index (κ1) is 21.1. The van der Waals surface area contributed by atoms with Crippen LogP contribution in [0.2, 0.25) is 0 Å². The lowest BCUT2D eigenvalue weighted by Crippen LogP contribution is -2.51. The van der Waals surface area contributed by atoms with Gasteiger partial charge in [0.25, 0.3) is 0 Å². The monoisotopic (exact) mass is 329 g/mol. The summed E-state index contributed by atoms with van der Waals surface area (Å²) in [4.78, 5) is 47.8. The normalized spacial score (nSPS) is 13.0. The van der Waals surface area contributed by atoms with Gasteiger partial charge in [0.05, 0.1) is 0 Å². The number of rotatable bonds is 5. The predicted molar refractivity (Wildman–Crippen MR) is 84.1 cm³/mol. The van der Waals surface area contributed by atoms with Crippen LogP contribution in [0.3, 0.4) is 0 Å². The first-order valence-corrected chi connectivity index (χ1v) is 7.48. The molecule has 0 radical (unpaired) electrons. The Balaban J connectivity index is 5.57. The van der Waals surface area contributed by atoms with E-state index in [0.29, 0.717) is 11.2 Å². The van der Waals surface area contributed by atoms with E-state index in [1.807, 2.05) is 0 Å². The van der Waals surface area contributed by atoms with Gasteiger partial charge < -0.3 is 14.3 Å². The van der Waals surface area contributed by atoms with Crippen LogP contribution in [0.5, 0.6) is 0 Å². The Morgan fingerprint density at radius 3 is 1.61 bits per heavy atom. The summed E-state index contributed by atoms with van der Waals surface area (Å²) in [7, 11) is 0. The third kappa shape index (κ3) is 8.32. The highest BCUT2D eigenvalue weighted by atomic mass is 16.6. The molecule has 0 aromatic rings. The first-order valence-electron chi connectivity index (χ1n) is 7.48. The maximum atomic E-state index is 12.4. The van der Waals surface area contributed by atoms with Gasteiger partial charge in [0.15, 0.2) is 5.78 Å². The molecule has 0 aliphatic heterocycles. The standard InChI is InChI=1S/C16H27NO6/c1-11(19)12(9-8-10-18)17(13(20)22-15(2,3)4)14(21)23-16(5,6)7/h10,12H,8-9H2,1-7H3. The molecule has 0 saturated heterocycles. The van der Waals surface area contributed by atoms with Gasteiger partial charge in [0.2, 0.25) is 0 Å². The number of nitrogens with zero attached hydrogens (tertiary/aromatic N) is 1. The quantitative estimate of drug-likeness (QED) is 0.720. The number of carbonyl (C=O) groups is 4. The van der Waals surface area contributed by atoms with Crippen LogP contribution in [-0.4, -0.2) is 46.4 Å². The Bertz CT molecular complexity index is 430. The van der Waals surface area contributed by atoms with Crippen molar-refractivity contribution in [1.29, 1.82) is 0 Å². The van der Waals surface area contributed by atoms with Crippen LogP contribution in [-0.2, 0) is 19.1 Å². The lowest BCUT2D eigenvalue weighted by molar-refractivity contribution is -0.122. The largest absolute Gasteiger partial charge is 0.443 e. The number of hydrogen-bond acceptors (Lipinski definition) is 6. The van der Waals surface area contributed by atoms with E-state index in [1.165, 1.54) is 6.92 Å². The summed E-state index contributed by atoms with van der Waals surface area (Å²) in [5, 5.41) is 0. The van der Waals surface area contributed by atoms with Gasteiger partial charge in [0.1, 0.15) is 23.5 Å². The third-order valence-electron chi connectivity index (χ3n) is 2.52. The van der Waals surface area contributed by atoms with Crippen molar-refractivity contribution in [3.63, 3.8) is 0 Å². The molecule has 1 unspecified atom stereocenters. The molecule has 7 heteroatoms. The number of carbonyl (C=O) groups excluding carboxylic acids is 4. The van der Waals surface area contributed by atoms with Crippen molar-refractivity contribution in [2.75, 3.05) is 0 Å². The Kier molecular flexibility index (Phi) is 7.40. The molecule has 0 heterocycles. The molecule has 0 aliphatic carbocycles. The Hall–Kier alpha value is -1.92. The van der Waals surface area contributed by atoms with Crippen molar-refractivity contribution in [2.24, 2.45) is 0 Å². The molecule has 0 saturated carbocycles. The fourth-order valence-electron chi connectivity index (χ4n) is 1.69.